The maximum absolute atomic E-state index is 12.2. The molecular formula is C18H26N4O2. The molecule has 0 saturated carbocycles. The van der Waals surface area contributed by atoms with E-state index in [1.165, 1.54) is 0 Å². The molecule has 1 heterocycles. The zero-order valence-electron chi connectivity index (χ0n) is 14.9. The van der Waals surface area contributed by atoms with Crippen molar-refractivity contribution in [2.45, 2.75) is 20.3 Å². The van der Waals surface area contributed by atoms with Gasteiger partial charge in [-0.2, -0.15) is 5.10 Å². The van der Waals surface area contributed by atoms with Crippen LogP contribution in [0.3, 0.4) is 0 Å². The molecule has 1 amide bonds. The average molecular weight is 330 g/mol. The fourth-order valence-electron chi connectivity index (χ4n) is 2.50. The van der Waals surface area contributed by atoms with E-state index in [0.29, 0.717) is 13.2 Å². The van der Waals surface area contributed by atoms with Gasteiger partial charge in [0.15, 0.2) is 0 Å². The minimum absolute atomic E-state index is 0.0272. The Bertz CT molecular complexity index is 667. The molecule has 0 spiro atoms. The largest absolute Gasteiger partial charge is 0.494 e. The van der Waals surface area contributed by atoms with E-state index in [1.54, 1.807) is 4.68 Å². The molecule has 0 aliphatic carbocycles. The van der Waals surface area contributed by atoms with Gasteiger partial charge in [-0.25, -0.2) is 0 Å². The van der Waals surface area contributed by atoms with Crippen LogP contribution in [0.15, 0.2) is 30.3 Å². The lowest BCUT2D eigenvalue weighted by Crippen LogP contribution is -2.31. The molecule has 1 N–H and O–H groups in total. The van der Waals surface area contributed by atoms with E-state index in [2.05, 4.69) is 10.4 Å². The zero-order valence-corrected chi connectivity index (χ0v) is 14.9. The van der Waals surface area contributed by atoms with Crippen LogP contribution >= 0.6 is 0 Å². The van der Waals surface area contributed by atoms with E-state index in [0.717, 1.165) is 35.8 Å². The van der Waals surface area contributed by atoms with E-state index in [-0.39, 0.29) is 5.91 Å². The zero-order chi connectivity index (χ0) is 17.5. The topological polar surface area (TPSA) is 59.4 Å². The minimum Gasteiger partial charge on any atom is -0.494 e. The summed E-state index contributed by atoms with van der Waals surface area (Å²) in [7, 11) is 3.81. The van der Waals surface area contributed by atoms with E-state index < -0.39 is 0 Å². The SMILES string of the molecule is Cc1nn(C)c(C)c1NC(=O)CN(C)CCCOc1ccccc1. The monoisotopic (exact) mass is 330 g/mol. The summed E-state index contributed by atoms with van der Waals surface area (Å²) in [6.45, 7) is 5.62. The average Bonchev–Trinajstić information content (AvgIpc) is 2.79. The summed E-state index contributed by atoms with van der Waals surface area (Å²) in [6.07, 6.45) is 0.865. The number of hydrogen-bond acceptors (Lipinski definition) is 4. The number of para-hydroxylation sites is 1. The molecule has 0 saturated heterocycles. The Morgan fingerprint density at radius 2 is 2.00 bits per heavy atom. The Labute approximate surface area is 143 Å². The highest BCUT2D eigenvalue weighted by Crippen LogP contribution is 2.18. The summed E-state index contributed by atoms with van der Waals surface area (Å²) < 4.78 is 7.43. The number of likely N-dealkylation sites (N-methyl/N-ethyl adjacent to an activating group) is 1. The molecule has 0 atom stereocenters. The van der Waals surface area contributed by atoms with Crippen molar-refractivity contribution in [3.05, 3.63) is 41.7 Å². The van der Waals surface area contributed by atoms with Crippen molar-refractivity contribution in [3.8, 4) is 5.75 Å². The lowest BCUT2D eigenvalue weighted by molar-refractivity contribution is -0.117. The molecular weight excluding hydrogens is 304 g/mol. The minimum atomic E-state index is -0.0272. The van der Waals surface area contributed by atoms with Gasteiger partial charge in [-0.05, 0) is 39.4 Å². The molecule has 6 nitrogen and oxygen atoms in total. The number of aryl methyl sites for hydroxylation is 2. The standard InChI is InChI=1S/C18H26N4O2/c1-14-18(15(2)22(4)20-14)19-17(23)13-21(3)11-8-12-24-16-9-6-5-7-10-16/h5-7,9-10H,8,11-13H2,1-4H3,(H,19,23). The lowest BCUT2D eigenvalue weighted by atomic mass is 10.3. The van der Waals surface area contributed by atoms with Crippen molar-refractivity contribution >= 4 is 11.6 Å². The number of nitrogens with zero attached hydrogens (tertiary/aromatic N) is 3. The fraction of sp³-hybridized carbons (Fsp3) is 0.444. The Balaban J connectivity index is 1.70. The Hall–Kier alpha value is -2.34. The van der Waals surface area contributed by atoms with Crippen LogP contribution in [0.4, 0.5) is 5.69 Å². The molecule has 130 valence electrons. The summed E-state index contributed by atoms with van der Waals surface area (Å²) in [6, 6.07) is 9.75. The predicted octanol–water partition coefficient (Wildman–Crippen LogP) is 2.38. The highest BCUT2D eigenvalue weighted by Gasteiger charge is 2.13. The Kier molecular flexibility index (Phi) is 6.37. The van der Waals surface area contributed by atoms with E-state index in [4.69, 9.17) is 4.74 Å². The van der Waals surface area contributed by atoms with Crippen LogP contribution in [-0.2, 0) is 11.8 Å². The van der Waals surface area contributed by atoms with Crippen molar-refractivity contribution in [2.75, 3.05) is 32.1 Å². The van der Waals surface area contributed by atoms with Gasteiger partial charge in [0.05, 0.1) is 30.2 Å². The quantitative estimate of drug-likeness (QED) is 0.755. The predicted molar refractivity (Wildman–Crippen MR) is 95.4 cm³/mol. The molecule has 0 unspecified atom stereocenters. The number of nitrogens with one attached hydrogen (secondary N) is 1. The number of amides is 1. The van der Waals surface area contributed by atoms with Gasteiger partial charge in [0.25, 0.3) is 0 Å². The second-order valence-corrected chi connectivity index (χ2v) is 5.97. The van der Waals surface area contributed by atoms with Crippen LogP contribution in [0, 0.1) is 13.8 Å². The number of anilines is 1. The molecule has 1 aromatic heterocycles. The smallest absolute Gasteiger partial charge is 0.238 e. The molecule has 0 bridgehead atoms. The van der Waals surface area contributed by atoms with Gasteiger partial charge in [0.1, 0.15) is 5.75 Å². The summed E-state index contributed by atoms with van der Waals surface area (Å²) in [5.74, 6) is 0.848. The first kappa shape index (κ1) is 18.0. The van der Waals surface area contributed by atoms with Crippen LogP contribution in [0.25, 0.3) is 0 Å². The first-order valence-corrected chi connectivity index (χ1v) is 8.14. The number of ether oxygens (including phenoxy) is 1. The Morgan fingerprint density at radius 1 is 1.29 bits per heavy atom. The molecule has 24 heavy (non-hydrogen) atoms. The second kappa shape index (κ2) is 8.49. The van der Waals surface area contributed by atoms with Gasteiger partial charge in [0.2, 0.25) is 5.91 Å². The number of aromatic nitrogens is 2. The molecule has 2 rings (SSSR count). The molecule has 1 aromatic carbocycles. The van der Waals surface area contributed by atoms with Crippen molar-refractivity contribution in [3.63, 3.8) is 0 Å². The third kappa shape index (κ3) is 5.09. The van der Waals surface area contributed by atoms with Crippen LogP contribution in [0.5, 0.6) is 5.75 Å². The molecule has 0 radical (unpaired) electrons. The van der Waals surface area contributed by atoms with Gasteiger partial charge >= 0.3 is 0 Å². The Morgan fingerprint density at radius 3 is 2.62 bits per heavy atom. The highest BCUT2D eigenvalue weighted by molar-refractivity contribution is 5.93. The summed E-state index contributed by atoms with van der Waals surface area (Å²) in [5.41, 5.74) is 2.60. The van der Waals surface area contributed by atoms with Gasteiger partial charge in [-0.3, -0.25) is 14.4 Å². The summed E-state index contributed by atoms with van der Waals surface area (Å²) in [5, 5.41) is 7.26. The fourth-order valence-corrected chi connectivity index (χ4v) is 2.50. The molecule has 0 aliphatic rings. The number of hydrogen-bond donors (Lipinski definition) is 1. The van der Waals surface area contributed by atoms with Crippen LogP contribution in [0.1, 0.15) is 17.8 Å². The van der Waals surface area contributed by atoms with E-state index in [9.17, 15) is 4.79 Å². The molecule has 2 aromatic rings. The normalized spacial score (nSPS) is 10.9. The van der Waals surface area contributed by atoms with Gasteiger partial charge in [-0.1, -0.05) is 18.2 Å². The maximum Gasteiger partial charge on any atom is 0.238 e. The molecule has 6 heteroatoms. The number of benzene rings is 1. The van der Waals surface area contributed by atoms with Crippen molar-refractivity contribution in [1.82, 2.24) is 14.7 Å². The first-order valence-electron chi connectivity index (χ1n) is 8.14. The van der Waals surface area contributed by atoms with Gasteiger partial charge in [-0.15, -0.1) is 0 Å². The van der Waals surface area contributed by atoms with Crippen LogP contribution in [0.2, 0.25) is 0 Å². The van der Waals surface area contributed by atoms with E-state index >= 15 is 0 Å². The lowest BCUT2D eigenvalue weighted by Gasteiger charge is -2.16. The number of carbonyl (C=O) groups excluding carboxylic acids is 1. The van der Waals surface area contributed by atoms with Gasteiger partial charge in [0, 0.05) is 13.6 Å². The number of carbonyl (C=O) groups is 1. The van der Waals surface area contributed by atoms with Crippen LogP contribution < -0.4 is 10.1 Å². The second-order valence-electron chi connectivity index (χ2n) is 5.97. The van der Waals surface area contributed by atoms with Gasteiger partial charge < -0.3 is 10.1 Å². The first-order chi connectivity index (χ1) is 11.5. The third-order valence-corrected chi connectivity index (χ3v) is 3.88. The molecule has 0 fully saturated rings. The van der Waals surface area contributed by atoms with Crippen molar-refractivity contribution in [1.29, 1.82) is 0 Å². The third-order valence-electron chi connectivity index (χ3n) is 3.88. The van der Waals surface area contributed by atoms with Crippen molar-refractivity contribution in [2.24, 2.45) is 7.05 Å². The summed E-state index contributed by atoms with van der Waals surface area (Å²) >= 11 is 0. The molecule has 0 aliphatic heterocycles. The number of rotatable bonds is 8. The van der Waals surface area contributed by atoms with E-state index in [1.807, 2.05) is 63.2 Å². The summed E-state index contributed by atoms with van der Waals surface area (Å²) in [4.78, 5) is 14.2. The highest BCUT2D eigenvalue weighted by atomic mass is 16.5. The van der Waals surface area contributed by atoms with Crippen molar-refractivity contribution < 1.29 is 9.53 Å². The van der Waals surface area contributed by atoms with Crippen LogP contribution in [-0.4, -0.2) is 47.3 Å². The maximum atomic E-state index is 12.2.